The highest BCUT2D eigenvalue weighted by atomic mass is 19.2. The molecule has 1 aromatic rings. The number of hydrogen-bond donors (Lipinski definition) is 1. The van der Waals surface area contributed by atoms with E-state index in [0.29, 0.717) is 13.1 Å². The van der Waals surface area contributed by atoms with Crippen LogP contribution in [0.1, 0.15) is 30.7 Å². The second-order valence-electron chi connectivity index (χ2n) is 5.78. The number of hydrogen-bond acceptors (Lipinski definition) is 2. The van der Waals surface area contributed by atoms with Gasteiger partial charge in [0.15, 0.2) is 11.6 Å². The molecule has 0 radical (unpaired) electrons. The summed E-state index contributed by atoms with van der Waals surface area (Å²) in [5.41, 5.74) is 6.54. The molecule has 0 bridgehead atoms. The Morgan fingerprint density at radius 2 is 1.90 bits per heavy atom. The van der Waals surface area contributed by atoms with Crippen LogP contribution in [0.4, 0.5) is 8.78 Å². The van der Waals surface area contributed by atoms with Gasteiger partial charge in [0.25, 0.3) is 0 Å². The predicted molar refractivity (Wildman–Crippen MR) is 71.0 cm³/mol. The molecule has 3 nitrogen and oxygen atoms in total. The molecule has 3 rings (SSSR count). The van der Waals surface area contributed by atoms with Gasteiger partial charge in [0.05, 0.1) is 0 Å². The summed E-state index contributed by atoms with van der Waals surface area (Å²) in [6, 6.07) is 4.10. The lowest BCUT2D eigenvalue weighted by molar-refractivity contribution is -0.133. The van der Waals surface area contributed by atoms with Crippen molar-refractivity contribution < 1.29 is 13.6 Å². The Morgan fingerprint density at radius 1 is 1.20 bits per heavy atom. The zero-order valence-electron chi connectivity index (χ0n) is 11.2. The highest BCUT2D eigenvalue weighted by Gasteiger charge is 2.46. The van der Waals surface area contributed by atoms with Crippen molar-refractivity contribution in [3.8, 4) is 0 Å². The van der Waals surface area contributed by atoms with Gasteiger partial charge in [0.1, 0.15) is 0 Å². The first-order chi connectivity index (χ1) is 9.56. The molecule has 0 spiro atoms. The van der Waals surface area contributed by atoms with Crippen LogP contribution in [0, 0.1) is 17.6 Å². The van der Waals surface area contributed by atoms with E-state index in [1.165, 1.54) is 6.07 Å². The number of rotatable bonds is 2. The van der Waals surface area contributed by atoms with Gasteiger partial charge in [-0.25, -0.2) is 8.78 Å². The Morgan fingerprint density at radius 3 is 2.55 bits per heavy atom. The van der Waals surface area contributed by atoms with Crippen LogP contribution in [0.15, 0.2) is 18.2 Å². The zero-order valence-corrected chi connectivity index (χ0v) is 11.2. The molecule has 0 unspecified atom stereocenters. The van der Waals surface area contributed by atoms with Crippen LogP contribution in [0.5, 0.6) is 0 Å². The van der Waals surface area contributed by atoms with Crippen molar-refractivity contribution in [2.75, 3.05) is 13.1 Å². The maximum atomic E-state index is 13.2. The fraction of sp³-hybridized carbons (Fsp3) is 0.533. The highest BCUT2D eigenvalue weighted by molar-refractivity contribution is 5.83. The molecule has 1 aliphatic heterocycles. The third-order valence-electron chi connectivity index (χ3n) is 4.33. The highest BCUT2D eigenvalue weighted by Crippen LogP contribution is 2.48. The summed E-state index contributed by atoms with van der Waals surface area (Å²) in [7, 11) is 0. The molecule has 1 amide bonds. The van der Waals surface area contributed by atoms with E-state index >= 15 is 0 Å². The lowest BCUT2D eigenvalue weighted by Crippen LogP contribution is -2.43. The monoisotopic (exact) mass is 280 g/mol. The molecule has 1 saturated carbocycles. The smallest absolute Gasteiger partial charge is 0.226 e. The van der Waals surface area contributed by atoms with Crippen LogP contribution >= 0.6 is 0 Å². The van der Waals surface area contributed by atoms with Crippen LogP contribution in [0.25, 0.3) is 0 Å². The van der Waals surface area contributed by atoms with Crippen molar-refractivity contribution in [3.05, 3.63) is 35.4 Å². The minimum Gasteiger partial charge on any atom is -0.342 e. The Kier molecular flexibility index (Phi) is 3.46. The fourth-order valence-electron chi connectivity index (χ4n) is 2.93. The summed E-state index contributed by atoms with van der Waals surface area (Å²) in [6.07, 6.45) is 2.41. The predicted octanol–water partition coefficient (Wildman–Crippen LogP) is 2.02. The van der Waals surface area contributed by atoms with E-state index < -0.39 is 11.6 Å². The number of amides is 1. The van der Waals surface area contributed by atoms with Crippen molar-refractivity contribution in [3.63, 3.8) is 0 Å². The maximum absolute atomic E-state index is 13.2. The molecule has 5 heteroatoms. The van der Waals surface area contributed by atoms with Gasteiger partial charge >= 0.3 is 0 Å². The van der Waals surface area contributed by atoms with Crippen molar-refractivity contribution in [1.29, 1.82) is 0 Å². The number of nitrogens with zero attached hydrogens (tertiary/aromatic N) is 1. The fourth-order valence-corrected chi connectivity index (χ4v) is 2.93. The summed E-state index contributed by atoms with van der Waals surface area (Å²) in [5.74, 6) is -1.60. The van der Waals surface area contributed by atoms with Gasteiger partial charge in [-0.3, -0.25) is 4.79 Å². The van der Waals surface area contributed by atoms with Gasteiger partial charge in [-0.15, -0.1) is 0 Å². The van der Waals surface area contributed by atoms with Crippen LogP contribution in [0.2, 0.25) is 0 Å². The summed E-state index contributed by atoms with van der Waals surface area (Å²) in [4.78, 5) is 14.2. The Bertz CT molecular complexity index is 527. The molecule has 20 heavy (non-hydrogen) atoms. The number of likely N-dealkylation sites (tertiary alicyclic amines) is 1. The zero-order chi connectivity index (χ0) is 14.3. The Hall–Kier alpha value is -1.49. The summed E-state index contributed by atoms with van der Waals surface area (Å²) >= 11 is 0. The minimum absolute atomic E-state index is 0.0354. The molecule has 1 heterocycles. The third kappa shape index (κ3) is 2.54. The molecule has 108 valence electrons. The largest absolute Gasteiger partial charge is 0.342 e. The van der Waals surface area contributed by atoms with Gasteiger partial charge in [0.2, 0.25) is 5.91 Å². The molecule has 1 saturated heterocycles. The third-order valence-corrected chi connectivity index (χ3v) is 4.33. The first kappa shape index (κ1) is 13.5. The standard InChI is InChI=1S/C15H18F2N2O/c16-13-2-1-9(7-14(13)17)11-8-12(11)15(20)19-5-3-10(18)4-6-19/h1-2,7,10-12H,3-6,8,18H2/t11-,12-/m1/s1. The summed E-state index contributed by atoms with van der Waals surface area (Å²) in [5, 5.41) is 0. The maximum Gasteiger partial charge on any atom is 0.226 e. The van der Waals surface area contributed by atoms with E-state index in [1.807, 2.05) is 4.90 Å². The number of benzene rings is 1. The van der Waals surface area contributed by atoms with Crippen LogP contribution in [-0.4, -0.2) is 29.9 Å². The first-order valence-corrected chi connectivity index (χ1v) is 7.05. The number of piperidine rings is 1. The second-order valence-corrected chi connectivity index (χ2v) is 5.78. The number of carbonyl (C=O) groups is 1. The molecular weight excluding hydrogens is 262 g/mol. The van der Waals surface area contributed by atoms with Gasteiger partial charge < -0.3 is 10.6 Å². The molecule has 2 fully saturated rings. The van der Waals surface area contributed by atoms with Gasteiger partial charge in [-0.05, 0) is 42.9 Å². The Labute approximate surface area is 116 Å². The average molecular weight is 280 g/mol. The topological polar surface area (TPSA) is 46.3 Å². The summed E-state index contributed by atoms with van der Waals surface area (Å²) < 4.78 is 26.1. The lowest BCUT2D eigenvalue weighted by atomic mass is 10.0. The molecule has 1 aliphatic carbocycles. The normalized spacial score (nSPS) is 26.6. The number of halogens is 2. The van der Waals surface area contributed by atoms with Crippen LogP contribution < -0.4 is 5.73 Å². The van der Waals surface area contributed by atoms with E-state index in [-0.39, 0.29) is 23.8 Å². The molecular formula is C15H18F2N2O. The van der Waals surface area contributed by atoms with Gasteiger partial charge in [0, 0.05) is 25.0 Å². The first-order valence-electron chi connectivity index (χ1n) is 7.05. The lowest BCUT2D eigenvalue weighted by Gasteiger charge is -2.30. The van der Waals surface area contributed by atoms with E-state index in [1.54, 1.807) is 6.07 Å². The molecule has 2 N–H and O–H groups in total. The van der Waals surface area contributed by atoms with Crippen molar-refractivity contribution in [2.45, 2.75) is 31.2 Å². The quantitative estimate of drug-likeness (QED) is 0.901. The minimum atomic E-state index is -0.845. The van der Waals surface area contributed by atoms with E-state index in [9.17, 15) is 13.6 Å². The molecule has 2 atom stereocenters. The second kappa shape index (κ2) is 5.13. The van der Waals surface area contributed by atoms with Crippen LogP contribution in [-0.2, 0) is 4.79 Å². The SMILES string of the molecule is NC1CCN(C(=O)[C@@H]2C[C@@H]2c2ccc(F)c(F)c2)CC1. The molecule has 1 aromatic carbocycles. The van der Waals surface area contributed by atoms with E-state index in [0.717, 1.165) is 30.9 Å². The van der Waals surface area contributed by atoms with Gasteiger partial charge in [-0.2, -0.15) is 0 Å². The van der Waals surface area contributed by atoms with Crippen molar-refractivity contribution in [1.82, 2.24) is 4.90 Å². The number of nitrogens with two attached hydrogens (primary N) is 1. The molecule has 2 aliphatic rings. The van der Waals surface area contributed by atoms with Gasteiger partial charge in [-0.1, -0.05) is 6.07 Å². The van der Waals surface area contributed by atoms with Crippen molar-refractivity contribution in [2.24, 2.45) is 11.7 Å². The number of carbonyl (C=O) groups excluding carboxylic acids is 1. The van der Waals surface area contributed by atoms with Crippen LogP contribution in [0.3, 0.4) is 0 Å². The molecule has 0 aromatic heterocycles. The van der Waals surface area contributed by atoms with Crippen molar-refractivity contribution >= 4 is 5.91 Å². The summed E-state index contributed by atoms with van der Waals surface area (Å²) in [6.45, 7) is 1.42. The average Bonchev–Trinajstić information content (AvgIpc) is 3.22. The van der Waals surface area contributed by atoms with E-state index in [2.05, 4.69) is 0 Å². The Balaban J connectivity index is 1.63. The van der Waals surface area contributed by atoms with E-state index in [4.69, 9.17) is 5.73 Å².